The van der Waals surface area contributed by atoms with Gasteiger partial charge in [0.1, 0.15) is 0 Å². The van der Waals surface area contributed by atoms with E-state index in [4.69, 9.17) is 5.11 Å². The molecule has 12 heavy (non-hydrogen) atoms. The Balaban J connectivity index is 2.71. The number of aliphatic carboxylic acids is 1. The standard InChI is InChI=1S/C9H13FO2/c10-9(8(11)12)6-4-2-1-3-5-7-9/h4,6H,1-3,5,7H2,(H,11,12)/b6-4-. The van der Waals surface area contributed by atoms with Crippen LogP contribution in [-0.2, 0) is 4.79 Å². The number of rotatable bonds is 1. The fourth-order valence-electron chi connectivity index (χ4n) is 1.35. The third kappa shape index (κ3) is 2.06. The molecule has 0 aromatic rings. The van der Waals surface area contributed by atoms with Gasteiger partial charge in [-0.2, -0.15) is 0 Å². The van der Waals surface area contributed by atoms with Crippen molar-refractivity contribution in [2.75, 3.05) is 0 Å². The van der Waals surface area contributed by atoms with Crippen molar-refractivity contribution in [3.8, 4) is 0 Å². The molecule has 0 bridgehead atoms. The lowest BCUT2D eigenvalue weighted by molar-refractivity contribution is -0.148. The normalized spacial score (nSPS) is 33.4. The first-order chi connectivity index (χ1) is 5.65. The minimum absolute atomic E-state index is 0.110. The lowest BCUT2D eigenvalue weighted by atomic mass is 9.94. The fraction of sp³-hybridized carbons (Fsp3) is 0.667. The Kier molecular flexibility index (Phi) is 2.84. The second-order valence-corrected chi connectivity index (χ2v) is 3.17. The minimum Gasteiger partial charge on any atom is -0.479 e. The highest BCUT2D eigenvalue weighted by Crippen LogP contribution is 2.25. The lowest BCUT2D eigenvalue weighted by Crippen LogP contribution is -2.31. The van der Waals surface area contributed by atoms with Gasteiger partial charge in [0.05, 0.1) is 0 Å². The topological polar surface area (TPSA) is 37.3 Å². The molecule has 1 N–H and O–H groups in total. The largest absolute Gasteiger partial charge is 0.479 e. The van der Waals surface area contributed by atoms with Crippen LogP contribution in [0.5, 0.6) is 0 Å². The van der Waals surface area contributed by atoms with Crippen molar-refractivity contribution in [2.45, 2.75) is 37.8 Å². The predicted molar refractivity (Wildman–Crippen MR) is 43.7 cm³/mol. The summed E-state index contributed by atoms with van der Waals surface area (Å²) in [5, 5.41) is 8.59. The molecule has 1 aliphatic carbocycles. The van der Waals surface area contributed by atoms with Gasteiger partial charge in [0.25, 0.3) is 0 Å². The van der Waals surface area contributed by atoms with Crippen LogP contribution in [0.3, 0.4) is 0 Å². The summed E-state index contributed by atoms with van der Waals surface area (Å²) >= 11 is 0. The van der Waals surface area contributed by atoms with E-state index in [9.17, 15) is 9.18 Å². The van der Waals surface area contributed by atoms with Gasteiger partial charge in [-0.15, -0.1) is 0 Å². The molecule has 0 spiro atoms. The minimum atomic E-state index is -2.11. The Morgan fingerprint density at radius 3 is 2.83 bits per heavy atom. The Hall–Kier alpha value is -0.860. The van der Waals surface area contributed by atoms with Crippen molar-refractivity contribution in [2.24, 2.45) is 0 Å². The molecule has 1 aliphatic rings. The van der Waals surface area contributed by atoms with E-state index in [-0.39, 0.29) is 6.42 Å². The van der Waals surface area contributed by atoms with E-state index >= 15 is 0 Å². The number of hydrogen-bond donors (Lipinski definition) is 1. The van der Waals surface area contributed by atoms with Crippen molar-refractivity contribution in [1.29, 1.82) is 0 Å². The summed E-state index contributed by atoms with van der Waals surface area (Å²) in [5.41, 5.74) is -2.11. The highest BCUT2D eigenvalue weighted by Gasteiger charge is 2.35. The molecule has 1 rings (SSSR count). The highest BCUT2D eigenvalue weighted by molar-refractivity contribution is 5.79. The van der Waals surface area contributed by atoms with Gasteiger partial charge in [0.2, 0.25) is 5.67 Å². The average molecular weight is 172 g/mol. The van der Waals surface area contributed by atoms with Gasteiger partial charge in [-0.05, 0) is 31.8 Å². The molecule has 0 heterocycles. The molecule has 3 heteroatoms. The van der Waals surface area contributed by atoms with Crippen LogP contribution in [0, 0.1) is 0 Å². The average Bonchev–Trinajstić information content (AvgIpc) is 1.97. The third-order valence-electron chi connectivity index (χ3n) is 2.15. The molecule has 1 atom stereocenters. The maximum absolute atomic E-state index is 13.4. The molecule has 0 fully saturated rings. The summed E-state index contributed by atoms with van der Waals surface area (Å²) in [6.07, 6.45) is 6.34. The molecule has 0 aliphatic heterocycles. The quantitative estimate of drug-likeness (QED) is 0.616. The van der Waals surface area contributed by atoms with Crippen LogP contribution in [0.1, 0.15) is 32.1 Å². The van der Waals surface area contributed by atoms with Crippen LogP contribution in [0.25, 0.3) is 0 Å². The molecule has 0 amide bonds. The maximum atomic E-state index is 13.4. The van der Waals surface area contributed by atoms with Crippen molar-refractivity contribution in [3.05, 3.63) is 12.2 Å². The third-order valence-corrected chi connectivity index (χ3v) is 2.15. The summed E-state index contributed by atoms with van der Waals surface area (Å²) in [7, 11) is 0. The number of alkyl halides is 1. The van der Waals surface area contributed by atoms with Gasteiger partial charge >= 0.3 is 5.97 Å². The van der Waals surface area contributed by atoms with E-state index in [1.807, 2.05) is 0 Å². The predicted octanol–water partition coefficient (Wildman–Crippen LogP) is 2.30. The van der Waals surface area contributed by atoms with Crippen molar-refractivity contribution in [3.63, 3.8) is 0 Å². The van der Waals surface area contributed by atoms with E-state index < -0.39 is 11.6 Å². The molecule has 0 saturated carbocycles. The number of carbonyl (C=O) groups is 1. The zero-order chi connectivity index (χ0) is 9.03. The first kappa shape index (κ1) is 9.23. The lowest BCUT2D eigenvalue weighted by Gasteiger charge is -2.17. The Morgan fingerprint density at radius 2 is 2.17 bits per heavy atom. The molecular formula is C9H13FO2. The Bertz CT molecular complexity index is 201. The molecule has 0 radical (unpaired) electrons. The molecule has 2 nitrogen and oxygen atoms in total. The van der Waals surface area contributed by atoms with Crippen molar-refractivity contribution in [1.82, 2.24) is 0 Å². The second kappa shape index (κ2) is 3.70. The number of allylic oxidation sites excluding steroid dienone is 1. The number of carboxylic acids is 1. The van der Waals surface area contributed by atoms with Gasteiger partial charge in [-0.1, -0.05) is 12.5 Å². The van der Waals surface area contributed by atoms with E-state index in [1.165, 1.54) is 6.08 Å². The fourth-order valence-corrected chi connectivity index (χ4v) is 1.35. The first-order valence-corrected chi connectivity index (χ1v) is 4.25. The zero-order valence-electron chi connectivity index (χ0n) is 6.92. The van der Waals surface area contributed by atoms with Gasteiger partial charge < -0.3 is 5.11 Å². The van der Waals surface area contributed by atoms with E-state index in [0.717, 1.165) is 19.3 Å². The Morgan fingerprint density at radius 1 is 1.42 bits per heavy atom. The van der Waals surface area contributed by atoms with E-state index in [0.29, 0.717) is 6.42 Å². The monoisotopic (exact) mass is 172 g/mol. The molecule has 1 unspecified atom stereocenters. The summed E-state index contributed by atoms with van der Waals surface area (Å²) in [6.45, 7) is 0. The summed E-state index contributed by atoms with van der Waals surface area (Å²) < 4.78 is 13.4. The SMILES string of the molecule is O=C(O)C1(F)/C=C\CCCCC1. The summed E-state index contributed by atoms with van der Waals surface area (Å²) in [6, 6.07) is 0. The van der Waals surface area contributed by atoms with Gasteiger partial charge in [0.15, 0.2) is 0 Å². The van der Waals surface area contributed by atoms with E-state index in [2.05, 4.69) is 0 Å². The molecule has 0 aromatic carbocycles. The molecule has 68 valence electrons. The van der Waals surface area contributed by atoms with Gasteiger partial charge in [-0.3, -0.25) is 0 Å². The first-order valence-electron chi connectivity index (χ1n) is 4.25. The molecular weight excluding hydrogens is 159 g/mol. The highest BCUT2D eigenvalue weighted by atomic mass is 19.1. The van der Waals surface area contributed by atoms with Crippen LogP contribution in [-0.4, -0.2) is 16.7 Å². The van der Waals surface area contributed by atoms with Crippen LogP contribution >= 0.6 is 0 Å². The molecule has 0 saturated heterocycles. The zero-order valence-corrected chi connectivity index (χ0v) is 6.92. The summed E-state index contributed by atoms with van der Waals surface area (Å²) in [5.74, 6) is -1.36. The maximum Gasteiger partial charge on any atom is 0.345 e. The number of hydrogen-bond acceptors (Lipinski definition) is 1. The van der Waals surface area contributed by atoms with Crippen LogP contribution in [0.2, 0.25) is 0 Å². The second-order valence-electron chi connectivity index (χ2n) is 3.17. The molecule has 0 aromatic heterocycles. The summed E-state index contributed by atoms with van der Waals surface area (Å²) in [4.78, 5) is 10.5. The van der Waals surface area contributed by atoms with Gasteiger partial charge in [-0.25, -0.2) is 9.18 Å². The van der Waals surface area contributed by atoms with Crippen LogP contribution in [0.4, 0.5) is 4.39 Å². The van der Waals surface area contributed by atoms with Crippen LogP contribution in [0.15, 0.2) is 12.2 Å². The van der Waals surface area contributed by atoms with Crippen molar-refractivity contribution >= 4 is 5.97 Å². The van der Waals surface area contributed by atoms with Crippen LogP contribution < -0.4 is 0 Å². The number of carboxylic acid groups (broad SMARTS) is 1. The van der Waals surface area contributed by atoms with Gasteiger partial charge in [0, 0.05) is 0 Å². The number of halogens is 1. The Labute approximate surface area is 71.1 Å². The van der Waals surface area contributed by atoms with E-state index in [1.54, 1.807) is 6.08 Å². The smallest absolute Gasteiger partial charge is 0.345 e. The van der Waals surface area contributed by atoms with Crippen molar-refractivity contribution < 1.29 is 14.3 Å².